The third kappa shape index (κ3) is 3.48. The first-order valence-electron chi connectivity index (χ1n) is 6.34. The summed E-state index contributed by atoms with van der Waals surface area (Å²) in [5.74, 6) is 0.310. The summed E-state index contributed by atoms with van der Waals surface area (Å²) in [7, 11) is 3.09. The fourth-order valence-electron chi connectivity index (χ4n) is 1.89. The fraction of sp³-hybridized carbons (Fsp3) is 0.118. The second-order valence-electron chi connectivity index (χ2n) is 4.29. The normalized spacial score (nSPS) is 10.6. The summed E-state index contributed by atoms with van der Waals surface area (Å²) in [5, 5.41) is 0. The van der Waals surface area contributed by atoms with Gasteiger partial charge in [0.05, 0.1) is 19.8 Å². The first-order chi connectivity index (χ1) is 10.2. The van der Waals surface area contributed by atoms with Gasteiger partial charge in [-0.1, -0.05) is 12.1 Å². The van der Waals surface area contributed by atoms with E-state index in [-0.39, 0.29) is 5.56 Å². The minimum Gasteiger partial charge on any atom is -0.497 e. The van der Waals surface area contributed by atoms with Crippen LogP contribution in [0.1, 0.15) is 15.9 Å². The Morgan fingerprint density at radius 1 is 1.10 bits per heavy atom. The van der Waals surface area contributed by atoms with Gasteiger partial charge in [-0.3, -0.25) is 4.79 Å². The largest absolute Gasteiger partial charge is 0.497 e. The smallest absolute Gasteiger partial charge is 0.188 e. The average molecular weight is 286 g/mol. The second kappa shape index (κ2) is 6.70. The molecule has 2 rings (SSSR count). The van der Waals surface area contributed by atoms with Crippen molar-refractivity contribution in [2.75, 3.05) is 14.2 Å². The minimum absolute atomic E-state index is 0.0376. The highest BCUT2D eigenvalue weighted by Crippen LogP contribution is 2.25. The van der Waals surface area contributed by atoms with Crippen LogP contribution >= 0.6 is 0 Å². The third-order valence-corrected chi connectivity index (χ3v) is 2.99. The molecular formula is C17H15FO3. The van der Waals surface area contributed by atoms with Gasteiger partial charge in [-0.05, 0) is 42.5 Å². The van der Waals surface area contributed by atoms with Gasteiger partial charge in [0.15, 0.2) is 5.78 Å². The van der Waals surface area contributed by atoms with E-state index in [1.165, 1.54) is 25.3 Å². The second-order valence-corrected chi connectivity index (χ2v) is 4.29. The molecule has 0 saturated heterocycles. The van der Waals surface area contributed by atoms with E-state index in [1.807, 2.05) is 0 Å². The van der Waals surface area contributed by atoms with Crippen molar-refractivity contribution < 1.29 is 18.7 Å². The highest BCUT2D eigenvalue weighted by atomic mass is 19.1. The SMILES string of the molecule is COc1ccc(OC)c(/C=C/C(=O)c2ccccc2F)c1. The molecule has 0 unspecified atom stereocenters. The summed E-state index contributed by atoms with van der Waals surface area (Å²) in [6.45, 7) is 0. The van der Waals surface area contributed by atoms with Gasteiger partial charge in [0.1, 0.15) is 17.3 Å². The average Bonchev–Trinajstić information content (AvgIpc) is 2.52. The maximum absolute atomic E-state index is 13.5. The van der Waals surface area contributed by atoms with Crippen LogP contribution in [-0.4, -0.2) is 20.0 Å². The number of ketones is 1. The van der Waals surface area contributed by atoms with Crippen LogP contribution in [0.25, 0.3) is 6.08 Å². The molecule has 0 aromatic heterocycles. The maximum Gasteiger partial charge on any atom is 0.188 e. The van der Waals surface area contributed by atoms with Crippen LogP contribution in [0.15, 0.2) is 48.5 Å². The predicted molar refractivity (Wildman–Crippen MR) is 79.3 cm³/mol. The number of hydrogen-bond acceptors (Lipinski definition) is 3. The lowest BCUT2D eigenvalue weighted by molar-refractivity contribution is 0.104. The molecule has 0 aliphatic heterocycles. The van der Waals surface area contributed by atoms with Gasteiger partial charge >= 0.3 is 0 Å². The summed E-state index contributed by atoms with van der Waals surface area (Å²) in [5.41, 5.74) is 0.720. The van der Waals surface area contributed by atoms with Crippen LogP contribution in [-0.2, 0) is 0 Å². The van der Waals surface area contributed by atoms with Gasteiger partial charge < -0.3 is 9.47 Å². The summed E-state index contributed by atoms with van der Waals surface area (Å²) in [6, 6.07) is 11.1. The Hall–Kier alpha value is -2.62. The molecule has 0 bridgehead atoms. The van der Waals surface area contributed by atoms with Gasteiger partial charge in [-0.2, -0.15) is 0 Å². The fourth-order valence-corrected chi connectivity index (χ4v) is 1.89. The molecule has 0 heterocycles. The van der Waals surface area contributed by atoms with Crippen molar-refractivity contribution in [3.63, 3.8) is 0 Å². The molecule has 3 nitrogen and oxygen atoms in total. The number of allylic oxidation sites excluding steroid dienone is 1. The molecule has 0 radical (unpaired) electrons. The van der Waals surface area contributed by atoms with Gasteiger partial charge in [0.2, 0.25) is 0 Å². The number of carbonyl (C=O) groups is 1. The van der Waals surface area contributed by atoms with E-state index in [2.05, 4.69) is 0 Å². The highest BCUT2D eigenvalue weighted by molar-refractivity contribution is 6.07. The van der Waals surface area contributed by atoms with E-state index in [1.54, 1.807) is 43.5 Å². The summed E-state index contributed by atoms with van der Waals surface area (Å²) in [6.07, 6.45) is 2.89. The number of rotatable bonds is 5. The van der Waals surface area contributed by atoms with E-state index < -0.39 is 11.6 Å². The van der Waals surface area contributed by atoms with E-state index >= 15 is 0 Å². The Morgan fingerprint density at radius 2 is 1.86 bits per heavy atom. The zero-order valence-electron chi connectivity index (χ0n) is 11.8. The molecule has 2 aromatic carbocycles. The van der Waals surface area contributed by atoms with E-state index in [0.717, 1.165) is 0 Å². The minimum atomic E-state index is -0.537. The lowest BCUT2D eigenvalue weighted by Gasteiger charge is -2.07. The Labute approximate surface area is 122 Å². The number of halogens is 1. The number of methoxy groups -OCH3 is 2. The molecule has 0 amide bonds. The number of hydrogen-bond donors (Lipinski definition) is 0. The Kier molecular flexibility index (Phi) is 4.72. The van der Waals surface area contributed by atoms with E-state index in [0.29, 0.717) is 17.1 Å². The zero-order valence-corrected chi connectivity index (χ0v) is 11.8. The molecule has 2 aromatic rings. The highest BCUT2D eigenvalue weighted by Gasteiger charge is 2.08. The summed E-state index contributed by atoms with van der Waals surface area (Å²) in [4.78, 5) is 12.0. The molecule has 0 saturated carbocycles. The molecular weight excluding hydrogens is 271 g/mol. The van der Waals surface area contributed by atoms with Gasteiger partial charge in [0.25, 0.3) is 0 Å². The number of carbonyl (C=O) groups excluding carboxylic acids is 1. The molecule has 21 heavy (non-hydrogen) atoms. The van der Waals surface area contributed by atoms with Crippen LogP contribution in [0, 0.1) is 5.82 Å². The van der Waals surface area contributed by atoms with Crippen molar-refractivity contribution in [2.45, 2.75) is 0 Å². The number of benzene rings is 2. The van der Waals surface area contributed by atoms with Crippen molar-refractivity contribution in [2.24, 2.45) is 0 Å². The molecule has 0 atom stereocenters. The van der Waals surface area contributed by atoms with Gasteiger partial charge in [-0.25, -0.2) is 4.39 Å². The molecule has 0 spiro atoms. The monoisotopic (exact) mass is 286 g/mol. The van der Waals surface area contributed by atoms with Crippen molar-refractivity contribution in [1.29, 1.82) is 0 Å². The molecule has 108 valence electrons. The number of ether oxygens (including phenoxy) is 2. The van der Waals surface area contributed by atoms with Crippen molar-refractivity contribution in [3.8, 4) is 11.5 Å². The topological polar surface area (TPSA) is 35.5 Å². The van der Waals surface area contributed by atoms with Gasteiger partial charge in [-0.15, -0.1) is 0 Å². The first-order valence-corrected chi connectivity index (χ1v) is 6.34. The Balaban J connectivity index is 2.29. The van der Waals surface area contributed by atoms with Crippen LogP contribution in [0.2, 0.25) is 0 Å². The Morgan fingerprint density at radius 3 is 2.52 bits per heavy atom. The molecule has 4 heteroatoms. The quantitative estimate of drug-likeness (QED) is 0.620. The van der Waals surface area contributed by atoms with Crippen molar-refractivity contribution >= 4 is 11.9 Å². The lowest BCUT2D eigenvalue weighted by Crippen LogP contribution is -1.98. The lowest BCUT2D eigenvalue weighted by atomic mass is 10.1. The van der Waals surface area contributed by atoms with Crippen LogP contribution in [0.5, 0.6) is 11.5 Å². The molecule has 0 aliphatic rings. The van der Waals surface area contributed by atoms with Crippen molar-refractivity contribution in [3.05, 3.63) is 65.5 Å². The van der Waals surface area contributed by atoms with Crippen LogP contribution in [0.3, 0.4) is 0 Å². The maximum atomic E-state index is 13.5. The zero-order chi connectivity index (χ0) is 15.2. The van der Waals surface area contributed by atoms with Gasteiger partial charge in [0, 0.05) is 5.56 Å². The van der Waals surface area contributed by atoms with Crippen LogP contribution < -0.4 is 9.47 Å². The third-order valence-electron chi connectivity index (χ3n) is 2.99. The van der Waals surface area contributed by atoms with E-state index in [9.17, 15) is 9.18 Å². The summed E-state index contributed by atoms with van der Waals surface area (Å²) < 4.78 is 23.9. The predicted octanol–water partition coefficient (Wildman–Crippen LogP) is 3.74. The first kappa shape index (κ1) is 14.8. The Bertz CT molecular complexity index is 677. The van der Waals surface area contributed by atoms with E-state index in [4.69, 9.17) is 9.47 Å². The van der Waals surface area contributed by atoms with Crippen LogP contribution in [0.4, 0.5) is 4.39 Å². The molecule has 0 N–H and O–H groups in total. The molecule has 0 fully saturated rings. The molecule has 0 aliphatic carbocycles. The standard InChI is InChI=1S/C17H15FO3/c1-20-13-8-10-17(21-2)12(11-13)7-9-16(19)14-5-3-4-6-15(14)18/h3-11H,1-2H3/b9-7+. The summed E-state index contributed by atoms with van der Waals surface area (Å²) >= 11 is 0. The van der Waals surface area contributed by atoms with Crippen molar-refractivity contribution in [1.82, 2.24) is 0 Å².